The van der Waals surface area contributed by atoms with E-state index in [2.05, 4.69) is 15.3 Å². The molecule has 4 rings (SSSR count). The number of amides is 2. The van der Waals surface area contributed by atoms with Crippen LogP contribution in [0.15, 0.2) is 36.7 Å². The highest BCUT2D eigenvalue weighted by atomic mass is 19.1. The Morgan fingerprint density at radius 1 is 1.06 bits per heavy atom. The number of nitrogens with zero attached hydrogens (tertiary/aromatic N) is 4. The zero-order valence-corrected chi connectivity index (χ0v) is 18.5. The summed E-state index contributed by atoms with van der Waals surface area (Å²) in [4.78, 5) is 38.0. The van der Waals surface area contributed by atoms with Crippen LogP contribution in [-0.4, -0.2) is 64.3 Å². The van der Waals surface area contributed by atoms with E-state index in [1.54, 1.807) is 37.6 Å². The van der Waals surface area contributed by atoms with Crippen LogP contribution < -0.4 is 5.32 Å². The van der Waals surface area contributed by atoms with E-state index >= 15 is 0 Å². The van der Waals surface area contributed by atoms with Crippen LogP contribution in [0.1, 0.15) is 48.0 Å². The molecule has 0 saturated carbocycles. The minimum absolute atomic E-state index is 0.0000723. The zero-order valence-electron chi connectivity index (χ0n) is 18.5. The lowest BCUT2D eigenvalue weighted by atomic mass is 9.83. The SMILES string of the molecule is CNc1ncc(C(=O)N2CCC(C3CCCCN3C(=O)Cc3ccccc3F)CC2)cn1. The van der Waals surface area contributed by atoms with Crippen LogP contribution in [-0.2, 0) is 11.2 Å². The van der Waals surface area contributed by atoms with E-state index in [1.165, 1.54) is 6.07 Å². The van der Waals surface area contributed by atoms with Crippen molar-refractivity contribution in [1.29, 1.82) is 0 Å². The van der Waals surface area contributed by atoms with E-state index in [9.17, 15) is 14.0 Å². The van der Waals surface area contributed by atoms with Crippen molar-refractivity contribution in [2.75, 3.05) is 32.0 Å². The first-order valence-electron chi connectivity index (χ1n) is 11.4. The fourth-order valence-electron chi connectivity index (χ4n) is 4.90. The molecule has 2 fully saturated rings. The van der Waals surface area contributed by atoms with Crippen LogP contribution >= 0.6 is 0 Å². The molecule has 2 saturated heterocycles. The molecule has 2 aliphatic rings. The predicted molar refractivity (Wildman–Crippen MR) is 120 cm³/mol. The number of halogens is 1. The molecular formula is C24H30FN5O2. The van der Waals surface area contributed by atoms with Crippen molar-refractivity contribution in [2.24, 2.45) is 5.92 Å². The number of carbonyl (C=O) groups is 2. The molecule has 3 heterocycles. The van der Waals surface area contributed by atoms with Gasteiger partial charge in [-0.25, -0.2) is 14.4 Å². The molecule has 7 nitrogen and oxygen atoms in total. The maximum absolute atomic E-state index is 14.0. The number of carbonyl (C=O) groups excluding carboxylic acids is 2. The van der Waals surface area contributed by atoms with E-state index in [-0.39, 0.29) is 30.1 Å². The van der Waals surface area contributed by atoms with Crippen molar-refractivity contribution in [2.45, 2.75) is 44.6 Å². The Hall–Kier alpha value is -3.03. The summed E-state index contributed by atoms with van der Waals surface area (Å²) in [5.74, 6) is 0.458. The normalized spacial score (nSPS) is 19.6. The van der Waals surface area contributed by atoms with E-state index in [1.807, 2.05) is 9.80 Å². The first-order valence-corrected chi connectivity index (χ1v) is 11.4. The Morgan fingerprint density at radius 2 is 1.78 bits per heavy atom. The van der Waals surface area contributed by atoms with E-state index < -0.39 is 0 Å². The summed E-state index contributed by atoms with van der Waals surface area (Å²) in [6.07, 6.45) is 7.98. The second-order valence-corrected chi connectivity index (χ2v) is 8.59. The van der Waals surface area contributed by atoms with Gasteiger partial charge in [-0.2, -0.15) is 0 Å². The maximum Gasteiger partial charge on any atom is 0.256 e. The van der Waals surface area contributed by atoms with Gasteiger partial charge in [-0.3, -0.25) is 9.59 Å². The highest BCUT2D eigenvalue weighted by molar-refractivity contribution is 5.93. The van der Waals surface area contributed by atoms with Gasteiger partial charge in [0.15, 0.2) is 0 Å². The molecule has 0 spiro atoms. The van der Waals surface area contributed by atoms with Crippen molar-refractivity contribution in [1.82, 2.24) is 19.8 Å². The summed E-state index contributed by atoms with van der Waals surface area (Å²) < 4.78 is 14.0. The number of hydrogen-bond acceptors (Lipinski definition) is 5. The van der Waals surface area contributed by atoms with Gasteiger partial charge in [0.2, 0.25) is 11.9 Å². The molecule has 2 aliphatic heterocycles. The minimum Gasteiger partial charge on any atom is -0.357 e. The fraction of sp³-hybridized carbons (Fsp3) is 0.500. The van der Waals surface area contributed by atoms with Gasteiger partial charge in [-0.05, 0) is 49.7 Å². The number of likely N-dealkylation sites (tertiary alicyclic amines) is 2. The Morgan fingerprint density at radius 3 is 2.47 bits per heavy atom. The van der Waals surface area contributed by atoms with Crippen LogP contribution in [0.25, 0.3) is 0 Å². The van der Waals surface area contributed by atoms with Gasteiger partial charge in [-0.15, -0.1) is 0 Å². The molecule has 32 heavy (non-hydrogen) atoms. The molecule has 0 bridgehead atoms. The molecule has 2 amide bonds. The lowest BCUT2D eigenvalue weighted by molar-refractivity contribution is -0.136. The zero-order chi connectivity index (χ0) is 22.5. The van der Waals surface area contributed by atoms with Crippen LogP contribution in [0.5, 0.6) is 0 Å². The molecule has 1 atom stereocenters. The molecule has 8 heteroatoms. The average Bonchev–Trinajstić information content (AvgIpc) is 2.85. The molecule has 1 unspecified atom stereocenters. The number of piperidine rings is 2. The molecular weight excluding hydrogens is 409 g/mol. The van der Waals surface area contributed by atoms with Crippen LogP contribution in [0.4, 0.5) is 10.3 Å². The molecule has 0 radical (unpaired) electrons. The third-order valence-corrected chi connectivity index (χ3v) is 6.66. The van der Waals surface area contributed by atoms with Crippen molar-refractivity contribution >= 4 is 17.8 Å². The number of nitrogens with one attached hydrogen (secondary N) is 1. The summed E-state index contributed by atoms with van der Waals surface area (Å²) in [5.41, 5.74) is 0.940. The van der Waals surface area contributed by atoms with Crippen LogP contribution in [0, 0.1) is 11.7 Å². The second-order valence-electron chi connectivity index (χ2n) is 8.59. The van der Waals surface area contributed by atoms with Gasteiger partial charge >= 0.3 is 0 Å². The fourth-order valence-corrected chi connectivity index (χ4v) is 4.90. The standard InChI is InChI=1S/C24H30FN5O2/c1-26-24-27-15-19(16-28-24)23(32)29-12-9-17(10-13-29)21-8-4-5-11-30(21)22(31)14-18-6-2-3-7-20(18)25/h2-3,6-7,15-17,21H,4-5,8-14H2,1H3,(H,26,27,28). The number of aromatic nitrogens is 2. The molecule has 1 aromatic carbocycles. The van der Waals surface area contributed by atoms with Gasteiger partial charge in [-0.1, -0.05) is 18.2 Å². The van der Waals surface area contributed by atoms with Crippen molar-refractivity contribution in [3.63, 3.8) is 0 Å². The summed E-state index contributed by atoms with van der Waals surface area (Å²) in [6.45, 7) is 2.04. The Kier molecular flexibility index (Phi) is 6.97. The highest BCUT2D eigenvalue weighted by Crippen LogP contribution is 2.31. The molecule has 2 aromatic rings. The molecule has 1 N–H and O–H groups in total. The summed E-state index contributed by atoms with van der Waals surface area (Å²) in [5, 5.41) is 2.85. The highest BCUT2D eigenvalue weighted by Gasteiger charge is 2.35. The number of benzene rings is 1. The molecule has 0 aliphatic carbocycles. The molecule has 1 aromatic heterocycles. The van der Waals surface area contributed by atoms with Gasteiger partial charge in [0.25, 0.3) is 5.91 Å². The van der Waals surface area contributed by atoms with Gasteiger partial charge < -0.3 is 15.1 Å². The average molecular weight is 440 g/mol. The van der Waals surface area contributed by atoms with Crippen LogP contribution in [0.2, 0.25) is 0 Å². The van der Waals surface area contributed by atoms with Gasteiger partial charge in [0, 0.05) is 45.1 Å². The quantitative estimate of drug-likeness (QED) is 0.775. The first kappa shape index (κ1) is 22.2. The number of hydrogen-bond donors (Lipinski definition) is 1. The summed E-state index contributed by atoms with van der Waals surface area (Å²) in [6, 6.07) is 6.66. The third kappa shape index (κ3) is 4.89. The van der Waals surface area contributed by atoms with E-state index in [0.29, 0.717) is 36.1 Å². The Labute approximate surface area is 188 Å². The van der Waals surface area contributed by atoms with Gasteiger partial charge in [0.1, 0.15) is 5.82 Å². The third-order valence-electron chi connectivity index (χ3n) is 6.66. The van der Waals surface area contributed by atoms with Crippen molar-refractivity contribution in [3.8, 4) is 0 Å². The summed E-state index contributed by atoms with van der Waals surface area (Å²) >= 11 is 0. The van der Waals surface area contributed by atoms with E-state index in [0.717, 1.165) is 38.6 Å². The topological polar surface area (TPSA) is 78.4 Å². The second kappa shape index (κ2) is 10.1. The lowest BCUT2D eigenvalue weighted by Crippen LogP contribution is -2.51. The smallest absolute Gasteiger partial charge is 0.256 e. The largest absolute Gasteiger partial charge is 0.357 e. The monoisotopic (exact) mass is 439 g/mol. The lowest BCUT2D eigenvalue weighted by Gasteiger charge is -2.43. The number of anilines is 1. The Balaban J connectivity index is 1.37. The minimum atomic E-state index is -0.326. The van der Waals surface area contributed by atoms with Crippen molar-refractivity contribution in [3.05, 3.63) is 53.6 Å². The van der Waals surface area contributed by atoms with Crippen LogP contribution in [0.3, 0.4) is 0 Å². The predicted octanol–water partition coefficient (Wildman–Crippen LogP) is 3.13. The van der Waals surface area contributed by atoms with Crippen molar-refractivity contribution < 1.29 is 14.0 Å². The number of rotatable bonds is 5. The molecule has 170 valence electrons. The van der Waals surface area contributed by atoms with E-state index in [4.69, 9.17) is 0 Å². The van der Waals surface area contributed by atoms with Gasteiger partial charge in [0.05, 0.1) is 12.0 Å². The summed E-state index contributed by atoms with van der Waals surface area (Å²) in [7, 11) is 1.73. The maximum atomic E-state index is 14.0. The Bertz CT molecular complexity index is 944. The first-order chi connectivity index (χ1) is 15.6.